The summed E-state index contributed by atoms with van der Waals surface area (Å²) in [6, 6.07) is 6.23. The van der Waals surface area contributed by atoms with Crippen molar-refractivity contribution in [2.24, 2.45) is 0 Å². The number of rotatable bonds is 6. The third kappa shape index (κ3) is 4.04. The van der Waals surface area contributed by atoms with E-state index in [0.717, 1.165) is 21.8 Å². The zero-order chi connectivity index (χ0) is 18.7. The molecule has 1 aliphatic heterocycles. The highest BCUT2D eigenvalue weighted by atomic mass is 32.1. The van der Waals surface area contributed by atoms with Crippen LogP contribution in [0.5, 0.6) is 0 Å². The van der Waals surface area contributed by atoms with Gasteiger partial charge in [0.1, 0.15) is 16.5 Å². The van der Waals surface area contributed by atoms with Crippen LogP contribution < -0.4 is 5.32 Å². The molecule has 1 aromatic heterocycles. The molecule has 2 aromatic rings. The van der Waals surface area contributed by atoms with Crippen LogP contribution in [0.25, 0.3) is 10.6 Å². The summed E-state index contributed by atoms with van der Waals surface area (Å²) in [6.45, 7) is 8.16. The van der Waals surface area contributed by atoms with Crippen molar-refractivity contribution < 1.29 is 14.3 Å². The summed E-state index contributed by atoms with van der Waals surface area (Å²) < 4.78 is 4.88. The Hall–Kier alpha value is -2.41. The lowest BCUT2D eigenvalue weighted by atomic mass is 10.1. The number of amides is 2. The van der Waals surface area contributed by atoms with Crippen LogP contribution in [0.4, 0.5) is 4.79 Å². The van der Waals surface area contributed by atoms with Crippen LogP contribution in [0, 0.1) is 20.8 Å². The van der Waals surface area contributed by atoms with E-state index in [1.807, 2.05) is 6.92 Å². The van der Waals surface area contributed by atoms with Crippen LogP contribution >= 0.6 is 11.3 Å². The quantitative estimate of drug-likeness (QED) is 0.789. The predicted molar refractivity (Wildman–Crippen MR) is 102 cm³/mol. The maximum absolute atomic E-state index is 12.5. The molecule has 0 saturated carbocycles. The van der Waals surface area contributed by atoms with Gasteiger partial charge in [0.05, 0.1) is 12.2 Å². The molecule has 0 bridgehead atoms. The third-order valence-electron chi connectivity index (χ3n) is 4.35. The molecule has 1 aliphatic rings. The van der Waals surface area contributed by atoms with Gasteiger partial charge in [-0.2, -0.15) is 0 Å². The Labute approximate surface area is 157 Å². The minimum Gasteiger partial charge on any atom is -0.448 e. The smallest absolute Gasteiger partial charge is 0.409 e. The van der Waals surface area contributed by atoms with Gasteiger partial charge in [-0.3, -0.25) is 4.79 Å². The van der Waals surface area contributed by atoms with Gasteiger partial charge in [-0.05, 0) is 32.8 Å². The van der Waals surface area contributed by atoms with Gasteiger partial charge in [0.25, 0.3) is 5.91 Å². The number of hydrogen-bond acceptors (Lipinski definition) is 5. The summed E-state index contributed by atoms with van der Waals surface area (Å²) in [5.74, 6) is -0.111. The Morgan fingerprint density at radius 3 is 2.85 bits per heavy atom. The number of nitrogens with one attached hydrogen (secondary N) is 1. The predicted octanol–water partition coefficient (Wildman–Crippen LogP) is 3.31. The van der Waals surface area contributed by atoms with E-state index < -0.39 is 0 Å². The first kappa shape index (κ1) is 18.4. The molecule has 2 amide bonds. The van der Waals surface area contributed by atoms with Crippen molar-refractivity contribution >= 4 is 23.3 Å². The number of cyclic esters (lactones) is 1. The topological polar surface area (TPSA) is 71.5 Å². The summed E-state index contributed by atoms with van der Waals surface area (Å²) in [7, 11) is 0. The first-order valence-corrected chi connectivity index (χ1v) is 9.52. The number of carbonyl (C=O) groups is 2. The zero-order valence-corrected chi connectivity index (χ0v) is 16.1. The van der Waals surface area contributed by atoms with E-state index in [1.54, 1.807) is 4.90 Å². The first-order valence-electron chi connectivity index (χ1n) is 8.70. The maximum Gasteiger partial charge on any atom is 0.409 e. The molecule has 6 nitrogen and oxygen atoms in total. The van der Waals surface area contributed by atoms with Gasteiger partial charge >= 0.3 is 6.09 Å². The van der Waals surface area contributed by atoms with Crippen molar-refractivity contribution in [3.8, 4) is 10.6 Å². The Bertz CT molecular complexity index is 831. The van der Waals surface area contributed by atoms with Gasteiger partial charge in [-0.15, -0.1) is 11.3 Å². The van der Waals surface area contributed by atoms with Gasteiger partial charge in [-0.25, -0.2) is 9.78 Å². The zero-order valence-electron chi connectivity index (χ0n) is 15.3. The van der Waals surface area contributed by atoms with Gasteiger partial charge in [0.2, 0.25) is 0 Å². The standard InChI is InChI=1S/C19H23N3O3S/c1-12-5-6-15(13(2)11-12)18-21-14(3)16(26-18)17(23)20-7-4-8-22-9-10-25-19(22)24/h5-6,11H,4,7-10H2,1-3H3,(H,20,23). The number of aryl methyl sites for hydroxylation is 3. The Balaban J connectivity index is 1.59. The number of ether oxygens (including phenoxy) is 1. The van der Waals surface area contributed by atoms with E-state index in [9.17, 15) is 9.59 Å². The molecule has 0 radical (unpaired) electrons. The molecule has 0 spiro atoms. The van der Waals surface area contributed by atoms with Crippen molar-refractivity contribution in [2.75, 3.05) is 26.2 Å². The van der Waals surface area contributed by atoms with Gasteiger partial charge < -0.3 is 15.0 Å². The highest BCUT2D eigenvalue weighted by Crippen LogP contribution is 2.30. The average Bonchev–Trinajstić information content (AvgIpc) is 3.17. The molecule has 1 aromatic carbocycles. The van der Waals surface area contributed by atoms with E-state index in [4.69, 9.17) is 4.74 Å². The number of aromatic nitrogens is 1. The second-order valence-corrected chi connectivity index (χ2v) is 7.46. The summed E-state index contributed by atoms with van der Waals surface area (Å²) in [5.41, 5.74) is 4.17. The summed E-state index contributed by atoms with van der Waals surface area (Å²) in [6.07, 6.45) is 0.426. The van der Waals surface area contributed by atoms with Crippen LogP contribution in [0.3, 0.4) is 0 Å². The minimum absolute atomic E-state index is 0.111. The van der Waals surface area contributed by atoms with E-state index >= 15 is 0 Å². The molecule has 26 heavy (non-hydrogen) atoms. The third-order valence-corrected chi connectivity index (χ3v) is 5.54. The molecular formula is C19H23N3O3S. The molecule has 0 unspecified atom stereocenters. The second kappa shape index (κ2) is 7.86. The van der Waals surface area contributed by atoms with Crippen LogP contribution in [-0.2, 0) is 4.74 Å². The van der Waals surface area contributed by atoms with Crippen LogP contribution in [-0.4, -0.2) is 48.1 Å². The van der Waals surface area contributed by atoms with Crippen molar-refractivity contribution in [3.63, 3.8) is 0 Å². The molecule has 0 atom stereocenters. The summed E-state index contributed by atoms with van der Waals surface area (Å²) >= 11 is 1.42. The van der Waals surface area contributed by atoms with Gasteiger partial charge in [-0.1, -0.05) is 23.8 Å². The first-order chi connectivity index (χ1) is 12.5. The van der Waals surface area contributed by atoms with Crippen LogP contribution in [0.15, 0.2) is 18.2 Å². The van der Waals surface area contributed by atoms with E-state index in [0.29, 0.717) is 37.5 Å². The van der Waals surface area contributed by atoms with Gasteiger partial charge in [0, 0.05) is 18.7 Å². The Morgan fingerprint density at radius 2 is 2.15 bits per heavy atom. The fourth-order valence-electron chi connectivity index (χ4n) is 2.96. The molecular weight excluding hydrogens is 350 g/mol. The number of nitrogens with zero attached hydrogens (tertiary/aromatic N) is 2. The summed E-state index contributed by atoms with van der Waals surface area (Å²) in [4.78, 5) is 30.7. The Kier molecular flexibility index (Phi) is 5.56. The molecule has 1 fully saturated rings. The highest BCUT2D eigenvalue weighted by Gasteiger charge is 2.21. The number of hydrogen-bond donors (Lipinski definition) is 1. The average molecular weight is 373 g/mol. The van der Waals surface area contributed by atoms with E-state index in [2.05, 4.69) is 42.3 Å². The molecule has 3 rings (SSSR count). The Morgan fingerprint density at radius 1 is 1.35 bits per heavy atom. The van der Waals surface area contributed by atoms with Crippen molar-refractivity contribution in [1.29, 1.82) is 0 Å². The number of benzene rings is 1. The lowest BCUT2D eigenvalue weighted by Crippen LogP contribution is -2.30. The maximum atomic E-state index is 12.5. The highest BCUT2D eigenvalue weighted by molar-refractivity contribution is 7.17. The SMILES string of the molecule is Cc1ccc(-c2nc(C)c(C(=O)NCCCN3CCOC3=O)s2)c(C)c1. The van der Waals surface area contributed by atoms with E-state index in [1.165, 1.54) is 16.9 Å². The van der Waals surface area contributed by atoms with Crippen LogP contribution in [0.1, 0.15) is 32.9 Å². The summed E-state index contributed by atoms with van der Waals surface area (Å²) in [5, 5.41) is 3.79. The van der Waals surface area contributed by atoms with Gasteiger partial charge in [0.15, 0.2) is 0 Å². The lowest BCUT2D eigenvalue weighted by molar-refractivity contribution is 0.0955. The molecule has 0 aliphatic carbocycles. The van der Waals surface area contributed by atoms with Crippen molar-refractivity contribution in [1.82, 2.24) is 15.2 Å². The fourth-order valence-corrected chi connectivity index (χ4v) is 4.03. The molecule has 1 saturated heterocycles. The second-order valence-electron chi connectivity index (χ2n) is 6.46. The monoisotopic (exact) mass is 373 g/mol. The lowest BCUT2D eigenvalue weighted by Gasteiger charge is -2.12. The van der Waals surface area contributed by atoms with Crippen molar-refractivity contribution in [2.45, 2.75) is 27.2 Å². The molecule has 1 N–H and O–H groups in total. The largest absolute Gasteiger partial charge is 0.448 e. The fraction of sp³-hybridized carbons (Fsp3) is 0.421. The normalized spacial score (nSPS) is 13.8. The minimum atomic E-state index is -0.271. The van der Waals surface area contributed by atoms with E-state index in [-0.39, 0.29) is 12.0 Å². The molecule has 138 valence electrons. The molecule has 7 heteroatoms. The van der Waals surface area contributed by atoms with Crippen molar-refractivity contribution in [3.05, 3.63) is 39.9 Å². The van der Waals surface area contributed by atoms with Crippen LogP contribution in [0.2, 0.25) is 0 Å². The molecule has 2 heterocycles. The number of carbonyl (C=O) groups excluding carboxylic acids is 2. The number of thiazole rings is 1.